The van der Waals surface area contributed by atoms with Crippen molar-refractivity contribution in [1.29, 1.82) is 0 Å². The van der Waals surface area contributed by atoms with Gasteiger partial charge < -0.3 is 15.4 Å². The molecule has 1 amide bonds. The maximum absolute atomic E-state index is 13.0. The average molecular weight is 452 g/mol. The molecule has 0 aliphatic carbocycles. The van der Waals surface area contributed by atoms with E-state index in [0.717, 1.165) is 12.1 Å². The third-order valence-electron chi connectivity index (χ3n) is 5.07. The number of amides is 1. The van der Waals surface area contributed by atoms with E-state index in [1.807, 2.05) is 6.07 Å². The molecule has 3 aromatic carbocycles. The smallest absolute Gasteiger partial charge is 0.416 e. The molecule has 0 unspecified atom stereocenters. The number of carbonyl (C=O) groups is 2. The molecule has 3 aromatic rings. The summed E-state index contributed by atoms with van der Waals surface area (Å²) in [7, 11) is 0. The molecule has 5 nitrogen and oxygen atoms in total. The van der Waals surface area contributed by atoms with Crippen molar-refractivity contribution in [3.8, 4) is 0 Å². The minimum Gasteiger partial charge on any atom is -0.462 e. The Hall–Kier alpha value is -4.07. The quantitative estimate of drug-likeness (QED) is 0.379. The van der Waals surface area contributed by atoms with Crippen molar-refractivity contribution in [2.45, 2.75) is 13.1 Å². The molecular formula is C25H19F3N2O3. The molecule has 168 valence electrons. The maximum atomic E-state index is 13.0. The summed E-state index contributed by atoms with van der Waals surface area (Å²) in [5, 5.41) is 5.86. The molecule has 0 atom stereocenters. The number of hydrogen-bond donors (Lipinski definition) is 2. The van der Waals surface area contributed by atoms with Crippen LogP contribution in [-0.4, -0.2) is 18.5 Å². The Morgan fingerprint density at radius 3 is 2.30 bits per heavy atom. The summed E-state index contributed by atoms with van der Waals surface area (Å²) < 4.78 is 43.8. The second-order valence-electron chi connectivity index (χ2n) is 7.25. The largest absolute Gasteiger partial charge is 0.462 e. The molecule has 0 saturated carbocycles. The topological polar surface area (TPSA) is 67.4 Å². The Labute approximate surface area is 187 Å². The molecule has 8 heteroatoms. The number of ether oxygens (including phenoxy) is 1. The van der Waals surface area contributed by atoms with E-state index in [0.29, 0.717) is 39.3 Å². The lowest BCUT2D eigenvalue weighted by molar-refractivity contribution is -0.137. The van der Waals surface area contributed by atoms with Crippen molar-refractivity contribution < 1.29 is 27.5 Å². The van der Waals surface area contributed by atoms with Crippen LogP contribution >= 0.6 is 0 Å². The number of hydrogen-bond acceptors (Lipinski definition) is 4. The summed E-state index contributed by atoms with van der Waals surface area (Å²) in [6.45, 7) is 1.93. The van der Waals surface area contributed by atoms with Crippen LogP contribution in [0.25, 0.3) is 11.3 Å². The standard InChI is InChI=1S/C25H19F3N2O3/c1-2-33-24(32)16-8-13-19-20(14-16)30-23(31)21(19)22(15-6-4-3-5-7-15)29-18-11-9-17(10-12-18)25(26,27)28/h3-14,29H,2H2,1H3,(H,30,31). The number of carbonyl (C=O) groups excluding carboxylic acids is 2. The number of halogens is 3. The zero-order chi connectivity index (χ0) is 23.6. The molecule has 2 N–H and O–H groups in total. The molecule has 1 aliphatic heterocycles. The SMILES string of the molecule is CCOC(=O)c1ccc2c(c1)NC(=O)C2=C(Nc1ccc(C(F)(F)F)cc1)c1ccccc1. The van der Waals surface area contributed by atoms with Gasteiger partial charge in [-0.05, 0) is 48.9 Å². The van der Waals surface area contributed by atoms with Crippen LogP contribution in [-0.2, 0) is 15.7 Å². The van der Waals surface area contributed by atoms with Gasteiger partial charge in [0, 0.05) is 11.3 Å². The summed E-state index contributed by atoms with van der Waals surface area (Å²) in [6, 6.07) is 18.3. The predicted octanol–water partition coefficient (Wildman–Crippen LogP) is 5.81. The van der Waals surface area contributed by atoms with Crippen LogP contribution in [0, 0.1) is 0 Å². The van der Waals surface area contributed by atoms with Crippen LogP contribution in [0.1, 0.15) is 34.0 Å². The van der Waals surface area contributed by atoms with Crippen LogP contribution in [0.15, 0.2) is 72.8 Å². The molecule has 0 saturated heterocycles. The molecule has 1 aliphatic rings. The molecular weight excluding hydrogens is 433 g/mol. The van der Waals surface area contributed by atoms with Crippen molar-refractivity contribution in [3.63, 3.8) is 0 Å². The lowest BCUT2D eigenvalue weighted by Gasteiger charge is -2.15. The van der Waals surface area contributed by atoms with Gasteiger partial charge in [-0.15, -0.1) is 0 Å². The van der Waals surface area contributed by atoms with Crippen LogP contribution in [0.3, 0.4) is 0 Å². The minimum atomic E-state index is -4.44. The van der Waals surface area contributed by atoms with Crippen molar-refractivity contribution >= 4 is 34.5 Å². The first-order chi connectivity index (χ1) is 15.8. The first-order valence-electron chi connectivity index (χ1n) is 10.1. The summed E-state index contributed by atoms with van der Waals surface area (Å²) in [4.78, 5) is 25.0. The van der Waals surface area contributed by atoms with Crippen LogP contribution in [0.5, 0.6) is 0 Å². The highest BCUT2D eigenvalue weighted by Gasteiger charge is 2.31. The van der Waals surface area contributed by atoms with Gasteiger partial charge in [0.2, 0.25) is 0 Å². The van der Waals surface area contributed by atoms with E-state index >= 15 is 0 Å². The molecule has 0 aromatic heterocycles. The number of rotatable bonds is 5. The number of nitrogens with one attached hydrogen (secondary N) is 2. The highest BCUT2D eigenvalue weighted by atomic mass is 19.4. The van der Waals surface area contributed by atoms with E-state index in [4.69, 9.17) is 4.74 Å². The molecule has 0 fully saturated rings. The van der Waals surface area contributed by atoms with Gasteiger partial charge in [-0.3, -0.25) is 4.79 Å². The summed E-state index contributed by atoms with van der Waals surface area (Å²) in [6.07, 6.45) is -4.44. The van der Waals surface area contributed by atoms with Crippen molar-refractivity contribution in [2.75, 3.05) is 17.2 Å². The third kappa shape index (κ3) is 4.59. The summed E-state index contributed by atoms with van der Waals surface area (Å²) in [5.41, 5.74) is 2.34. The molecule has 1 heterocycles. The van der Waals surface area contributed by atoms with Crippen molar-refractivity contribution in [1.82, 2.24) is 0 Å². The predicted molar refractivity (Wildman–Crippen MR) is 119 cm³/mol. The zero-order valence-electron chi connectivity index (χ0n) is 17.5. The second kappa shape index (κ2) is 8.82. The van der Waals surface area contributed by atoms with Gasteiger partial charge in [0.05, 0.1) is 34.7 Å². The summed E-state index contributed by atoms with van der Waals surface area (Å²) >= 11 is 0. The first-order valence-corrected chi connectivity index (χ1v) is 10.1. The van der Waals surface area contributed by atoms with E-state index in [1.54, 1.807) is 49.4 Å². The molecule has 33 heavy (non-hydrogen) atoms. The number of fused-ring (bicyclic) bond motifs is 1. The van der Waals surface area contributed by atoms with Gasteiger partial charge >= 0.3 is 12.1 Å². The highest BCUT2D eigenvalue weighted by molar-refractivity contribution is 6.37. The van der Waals surface area contributed by atoms with Crippen molar-refractivity contribution in [3.05, 3.63) is 95.1 Å². The van der Waals surface area contributed by atoms with Gasteiger partial charge in [-0.1, -0.05) is 36.4 Å². The Kier molecular flexibility index (Phi) is 5.91. The normalized spacial score (nSPS) is 14.4. The maximum Gasteiger partial charge on any atom is 0.416 e. The van der Waals surface area contributed by atoms with Crippen LogP contribution in [0.4, 0.5) is 24.5 Å². The fourth-order valence-electron chi connectivity index (χ4n) is 3.53. The van der Waals surface area contributed by atoms with E-state index in [-0.39, 0.29) is 6.61 Å². The van der Waals surface area contributed by atoms with E-state index in [9.17, 15) is 22.8 Å². The number of benzene rings is 3. The Bertz CT molecular complexity index is 1230. The molecule has 0 radical (unpaired) electrons. The Morgan fingerprint density at radius 2 is 1.67 bits per heavy atom. The van der Waals surface area contributed by atoms with Crippen molar-refractivity contribution in [2.24, 2.45) is 0 Å². The second-order valence-corrected chi connectivity index (χ2v) is 7.25. The highest BCUT2D eigenvalue weighted by Crippen LogP contribution is 2.38. The molecule has 4 rings (SSSR count). The summed E-state index contributed by atoms with van der Waals surface area (Å²) in [5.74, 6) is -0.901. The lowest BCUT2D eigenvalue weighted by atomic mass is 9.99. The Balaban J connectivity index is 1.79. The molecule has 0 bridgehead atoms. The minimum absolute atomic E-state index is 0.225. The third-order valence-corrected chi connectivity index (χ3v) is 5.07. The van der Waals surface area contributed by atoms with Gasteiger partial charge in [0.1, 0.15) is 0 Å². The van der Waals surface area contributed by atoms with Gasteiger partial charge in [-0.2, -0.15) is 13.2 Å². The van der Waals surface area contributed by atoms with E-state index < -0.39 is 23.6 Å². The van der Waals surface area contributed by atoms with Gasteiger partial charge in [-0.25, -0.2) is 4.79 Å². The van der Waals surface area contributed by atoms with E-state index in [1.165, 1.54) is 12.1 Å². The van der Waals surface area contributed by atoms with Crippen LogP contribution < -0.4 is 10.6 Å². The fraction of sp³-hybridized carbons (Fsp3) is 0.120. The lowest BCUT2D eigenvalue weighted by Crippen LogP contribution is -2.10. The van der Waals surface area contributed by atoms with Gasteiger partial charge in [0.25, 0.3) is 5.91 Å². The number of anilines is 2. The zero-order valence-corrected chi connectivity index (χ0v) is 17.5. The number of esters is 1. The van der Waals surface area contributed by atoms with Crippen LogP contribution in [0.2, 0.25) is 0 Å². The number of alkyl halides is 3. The average Bonchev–Trinajstić information content (AvgIpc) is 3.12. The Morgan fingerprint density at radius 1 is 0.970 bits per heavy atom. The monoisotopic (exact) mass is 452 g/mol. The first kappa shape index (κ1) is 22.1. The molecule has 0 spiro atoms. The van der Waals surface area contributed by atoms with E-state index in [2.05, 4.69) is 10.6 Å². The van der Waals surface area contributed by atoms with Gasteiger partial charge in [0.15, 0.2) is 0 Å². The fourth-order valence-corrected chi connectivity index (χ4v) is 3.53.